The molecule has 6 nitrogen and oxygen atoms in total. The van der Waals surface area contributed by atoms with E-state index in [4.69, 9.17) is 4.52 Å². The molecule has 0 aliphatic rings. The van der Waals surface area contributed by atoms with Crippen molar-refractivity contribution in [3.8, 4) is 0 Å². The van der Waals surface area contributed by atoms with E-state index in [1.807, 2.05) is 17.8 Å². The van der Waals surface area contributed by atoms with Gasteiger partial charge < -0.3 is 9.84 Å². The van der Waals surface area contributed by atoms with Crippen molar-refractivity contribution in [1.29, 1.82) is 0 Å². The molecule has 2 aromatic heterocycles. The Labute approximate surface area is 80.9 Å². The van der Waals surface area contributed by atoms with Gasteiger partial charge >= 0.3 is 6.01 Å². The van der Waals surface area contributed by atoms with Crippen molar-refractivity contribution < 1.29 is 4.52 Å². The average molecular weight is 193 g/mol. The quantitative estimate of drug-likeness (QED) is 0.796. The van der Waals surface area contributed by atoms with Crippen LogP contribution >= 0.6 is 0 Å². The van der Waals surface area contributed by atoms with Crippen LogP contribution in [0.15, 0.2) is 16.9 Å². The van der Waals surface area contributed by atoms with Crippen LogP contribution in [0.25, 0.3) is 0 Å². The van der Waals surface area contributed by atoms with Crippen molar-refractivity contribution in [2.24, 2.45) is 0 Å². The highest BCUT2D eigenvalue weighted by atomic mass is 16.5. The van der Waals surface area contributed by atoms with Crippen molar-refractivity contribution in [2.75, 3.05) is 5.32 Å². The summed E-state index contributed by atoms with van der Waals surface area (Å²) < 4.78 is 6.71. The first-order chi connectivity index (χ1) is 6.78. The highest BCUT2D eigenvalue weighted by Crippen LogP contribution is 2.12. The van der Waals surface area contributed by atoms with Gasteiger partial charge in [-0.2, -0.15) is 10.1 Å². The fourth-order valence-electron chi connectivity index (χ4n) is 1.07. The first-order valence-electron chi connectivity index (χ1n) is 4.37. The predicted octanol–water partition coefficient (Wildman–Crippen LogP) is 1.34. The van der Waals surface area contributed by atoms with Crippen molar-refractivity contribution >= 4 is 11.7 Å². The zero-order valence-corrected chi connectivity index (χ0v) is 8.06. The van der Waals surface area contributed by atoms with Crippen LogP contribution in [0.3, 0.4) is 0 Å². The molecule has 0 spiro atoms. The Bertz CT molecular complexity index is 419. The molecule has 0 saturated carbocycles. The van der Waals surface area contributed by atoms with Crippen LogP contribution in [0, 0.1) is 6.92 Å². The Morgan fingerprint density at radius 2 is 2.43 bits per heavy atom. The smallest absolute Gasteiger partial charge is 0.315 e. The van der Waals surface area contributed by atoms with Crippen LogP contribution in [0.1, 0.15) is 12.7 Å². The number of aryl methyl sites for hydroxylation is 2. The third-order valence-corrected chi connectivity index (χ3v) is 1.74. The Balaban J connectivity index is 2.10. The van der Waals surface area contributed by atoms with E-state index in [-0.39, 0.29) is 0 Å². The standard InChI is InChI=1S/C8H11N5O/c1-3-13-5-7(4-9-13)11-8-10-6(2)12-14-8/h4-5H,3H2,1-2H3,(H,10,11,12). The maximum atomic E-state index is 4.90. The Morgan fingerprint density at radius 1 is 1.57 bits per heavy atom. The zero-order valence-electron chi connectivity index (χ0n) is 8.06. The molecule has 74 valence electrons. The van der Waals surface area contributed by atoms with E-state index in [2.05, 4.69) is 20.6 Å². The van der Waals surface area contributed by atoms with Crippen LogP contribution in [-0.2, 0) is 6.54 Å². The van der Waals surface area contributed by atoms with Crippen molar-refractivity contribution in [2.45, 2.75) is 20.4 Å². The molecule has 0 amide bonds. The second kappa shape index (κ2) is 3.49. The van der Waals surface area contributed by atoms with Crippen LogP contribution < -0.4 is 5.32 Å². The van der Waals surface area contributed by atoms with Gasteiger partial charge in [-0.25, -0.2) is 0 Å². The molecule has 1 N–H and O–H groups in total. The molecule has 14 heavy (non-hydrogen) atoms. The van der Waals surface area contributed by atoms with Crippen molar-refractivity contribution in [1.82, 2.24) is 19.9 Å². The first-order valence-corrected chi connectivity index (χ1v) is 4.37. The third kappa shape index (κ3) is 1.73. The highest BCUT2D eigenvalue weighted by Gasteiger charge is 2.03. The van der Waals surface area contributed by atoms with Gasteiger partial charge in [0.2, 0.25) is 0 Å². The third-order valence-electron chi connectivity index (χ3n) is 1.74. The van der Waals surface area contributed by atoms with Crippen molar-refractivity contribution in [3.05, 3.63) is 18.2 Å². The largest absolute Gasteiger partial charge is 0.325 e. The van der Waals surface area contributed by atoms with Gasteiger partial charge in [0, 0.05) is 12.7 Å². The number of anilines is 2. The number of hydrogen-bond acceptors (Lipinski definition) is 5. The van der Waals surface area contributed by atoms with Crippen LogP contribution in [-0.4, -0.2) is 19.9 Å². The van der Waals surface area contributed by atoms with E-state index in [1.54, 1.807) is 13.1 Å². The summed E-state index contributed by atoms with van der Waals surface area (Å²) >= 11 is 0. The Morgan fingerprint density at radius 3 is 3.00 bits per heavy atom. The summed E-state index contributed by atoms with van der Waals surface area (Å²) in [6, 6.07) is 0.387. The van der Waals surface area contributed by atoms with Gasteiger partial charge in [-0.15, -0.1) is 0 Å². The lowest BCUT2D eigenvalue weighted by Crippen LogP contribution is -1.92. The molecule has 2 rings (SSSR count). The van der Waals surface area contributed by atoms with Gasteiger partial charge in [-0.1, -0.05) is 5.16 Å². The molecular weight excluding hydrogens is 182 g/mol. The summed E-state index contributed by atoms with van der Waals surface area (Å²) in [7, 11) is 0. The summed E-state index contributed by atoms with van der Waals surface area (Å²) in [4.78, 5) is 4.02. The molecule has 0 atom stereocenters. The molecule has 0 radical (unpaired) electrons. The number of nitrogens with zero attached hydrogens (tertiary/aromatic N) is 4. The average Bonchev–Trinajstić information content (AvgIpc) is 2.76. The second-order valence-electron chi connectivity index (χ2n) is 2.86. The van der Waals surface area contributed by atoms with Crippen LogP contribution in [0.5, 0.6) is 0 Å². The number of rotatable bonds is 3. The fraction of sp³-hybridized carbons (Fsp3) is 0.375. The van der Waals surface area contributed by atoms with E-state index in [0.29, 0.717) is 11.8 Å². The van der Waals surface area contributed by atoms with Gasteiger partial charge in [0.15, 0.2) is 5.82 Å². The lowest BCUT2D eigenvalue weighted by Gasteiger charge is -1.93. The predicted molar refractivity (Wildman–Crippen MR) is 50.2 cm³/mol. The van der Waals surface area contributed by atoms with Gasteiger partial charge in [0.05, 0.1) is 11.9 Å². The lowest BCUT2D eigenvalue weighted by molar-refractivity contribution is 0.428. The summed E-state index contributed by atoms with van der Waals surface area (Å²) in [5.74, 6) is 0.607. The lowest BCUT2D eigenvalue weighted by atomic mass is 10.6. The second-order valence-corrected chi connectivity index (χ2v) is 2.86. The zero-order chi connectivity index (χ0) is 9.97. The van der Waals surface area contributed by atoms with E-state index in [1.165, 1.54) is 0 Å². The maximum absolute atomic E-state index is 4.90. The minimum atomic E-state index is 0.387. The highest BCUT2D eigenvalue weighted by molar-refractivity contribution is 5.48. The molecule has 0 fully saturated rings. The maximum Gasteiger partial charge on any atom is 0.325 e. The molecule has 0 aliphatic heterocycles. The topological polar surface area (TPSA) is 68.8 Å². The normalized spacial score (nSPS) is 10.4. The first kappa shape index (κ1) is 8.74. The van der Waals surface area contributed by atoms with Crippen molar-refractivity contribution in [3.63, 3.8) is 0 Å². The van der Waals surface area contributed by atoms with Gasteiger partial charge in [0.1, 0.15) is 0 Å². The monoisotopic (exact) mass is 193 g/mol. The molecular formula is C8H11N5O. The molecule has 0 bridgehead atoms. The van der Waals surface area contributed by atoms with E-state index in [9.17, 15) is 0 Å². The summed E-state index contributed by atoms with van der Waals surface area (Å²) in [6.07, 6.45) is 3.59. The summed E-state index contributed by atoms with van der Waals surface area (Å²) in [5, 5.41) is 10.7. The number of aromatic nitrogens is 4. The Kier molecular flexibility index (Phi) is 2.18. The SMILES string of the molecule is CCn1cc(Nc2nc(C)no2)cn1. The Hall–Kier alpha value is -1.85. The van der Waals surface area contributed by atoms with E-state index >= 15 is 0 Å². The molecule has 0 aromatic carbocycles. The fourth-order valence-corrected chi connectivity index (χ4v) is 1.07. The molecule has 2 aromatic rings. The summed E-state index contributed by atoms with van der Waals surface area (Å²) in [5.41, 5.74) is 0.843. The van der Waals surface area contributed by atoms with Crippen LogP contribution in [0.4, 0.5) is 11.7 Å². The molecule has 6 heteroatoms. The molecule has 2 heterocycles. The minimum Gasteiger partial charge on any atom is -0.315 e. The molecule has 0 aliphatic carbocycles. The minimum absolute atomic E-state index is 0.387. The van der Waals surface area contributed by atoms with Gasteiger partial charge in [0.25, 0.3) is 0 Å². The van der Waals surface area contributed by atoms with Gasteiger partial charge in [-0.05, 0) is 13.8 Å². The summed E-state index contributed by atoms with van der Waals surface area (Å²) in [6.45, 7) is 4.63. The number of hydrogen-bond donors (Lipinski definition) is 1. The molecule has 0 saturated heterocycles. The number of nitrogens with one attached hydrogen (secondary N) is 1. The van der Waals surface area contributed by atoms with E-state index < -0.39 is 0 Å². The molecule has 0 unspecified atom stereocenters. The van der Waals surface area contributed by atoms with Gasteiger partial charge in [-0.3, -0.25) is 4.68 Å². The van der Waals surface area contributed by atoms with Crippen LogP contribution in [0.2, 0.25) is 0 Å². The van der Waals surface area contributed by atoms with E-state index in [0.717, 1.165) is 12.2 Å².